The van der Waals surface area contributed by atoms with E-state index in [1.807, 2.05) is 12.1 Å². The van der Waals surface area contributed by atoms with Crippen LogP contribution >= 0.6 is 0 Å². The Balaban J connectivity index is 1.97. The molecule has 2 aromatic carbocycles. The average Bonchev–Trinajstić information content (AvgIpc) is 2.63. The van der Waals surface area contributed by atoms with Gasteiger partial charge in [-0.05, 0) is 66.3 Å². The summed E-state index contributed by atoms with van der Waals surface area (Å²) in [7, 11) is 1.55. The lowest BCUT2D eigenvalue weighted by atomic mass is 9.76. The second kappa shape index (κ2) is 6.97. The number of rotatable bonds is 4. The van der Waals surface area contributed by atoms with Crippen LogP contribution in [0.15, 0.2) is 24.3 Å². The summed E-state index contributed by atoms with van der Waals surface area (Å²) in [5, 5.41) is 0. The normalized spacial score (nSPS) is 17.9. The Hall–Kier alpha value is -2.40. The van der Waals surface area contributed by atoms with Crippen molar-refractivity contribution in [3.05, 3.63) is 46.8 Å². The Bertz CT molecular complexity index is 909. The summed E-state index contributed by atoms with van der Waals surface area (Å²) >= 11 is 0. The molecule has 1 aliphatic heterocycles. The number of ether oxygens (including phenoxy) is 2. The van der Waals surface area contributed by atoms with Gasteiger partial charge in [0.05, 0.1) is 7.11 Å². The fourth-order valence-electron chi connectivity index (χ4n) is 4.55. The van der Waals surface area contributed by atoms with Gasteiger partial charge in [-0.15, -0.1) is 0 Å². The first kappa shape index (κ1) is 18.0. The Kier molecular flexibility index (Phi) is 4.64. The van der Waals surface area contributed by atoms with E-state index in [9.17, 15) is 9.18 Å². The molecular formula is C22H24FNO3. The molecule has 0 N–H and O–H groups in total. The van der Waals surface area contributed by atoms with E-state index in [0.717, 1.165) is 54.6 Å². The first-order valence-electron chi connectivity index (χ1n) is 9.48. The third-order valence-electron chi connectivity index (χ3n) is 5.54. The minimum Gasteiger partial charge on any atom is -0.493 e. The van der Waals surface area contributed by atoms with Crippen molar-refractivity contribution < 1.29 is 18.7 Å². The van der Waals surface area contributed by atoms with E-state index in [1.54, 1.807) is 19.2 Å². The maximum atomic E-state index is 14.5. The Morgan fingerprint density at radius 1 is 1.30 bits per heavy atom. The van der Waals surface area contributed by atoms with Crippen molar-refractivity contribution in [2.75, 3.05) is 20.2 Å². The summed E-state index contributed by atoms with van der Waals surface area (Å²) in [5.41, 5.74) is 4.90. The summed E-state index contributed by atoms with van der Waals surface area (Å²) in [4.78, 5) is 14.2. The molecule has 27 heavy (non-hydrogen) atoms. The van der Waals surface area contributed by atoms with Gasteiger partial charge >= 0.3 is 5.97 Å². The van der Waals surface area contributed by atoms with Crippen LogP contribution in [0.3, 0.4) is 0 Å². The van der Waals surface area contributed by atoms with Gasteiger partial charge in [0.15, 0.2) is 11.5 Å². The zero-order valence-electron chi connectivity index (χ0n) is 16.0. The highest BCUT2D eigenvalue weighted by Crippen LogP contribution is 2.51. The molecule has 0 bridgehead atoms. The molecule has 0 fully saturated rings. The number of esters is 1. The number of hydrogen-bond donors (Lipinski definition) is 0. The van der Waals surface area contributed by atoms with Crippen molar-refractivity contribution >= 4 is 5.97 Å². The zero-order valence-corrected chi connectivity index (χ0v) is 16.0. The van der Waals surface area contributed by atoms with Crippen molar-refractivity contribution in [2.24, 2.45) is 0 Å². The van der Waals surface area contributed by atoms with E-state index in [0.29, 0.717) is 11.5 Å². The molecule has 4 nitrogen and oxygen atoms in total. The molecule has 0 aromatic heterocycles. The van der Waals surface area contributed by atoms with Gasteiger partial charge in [0.2, 0.25) is 0 Å². The third-order valence-corrected chi connectivity index (χ3v) is 5.54. The number of fused-ring (bicyclic) bond motifs is 2. The smallest absolute Gasteiger partial charge is 0.308 e. The number of methoxy groups -OCH3 is 1. The predicted molar refractivity (Wildman–Crippen MR) is 102 cm³/mol. The van der Waals surface area contributed by atoms with Crippen LogP contribution in [0.5, 0.6) is 11.5 Å². The van der Waals surface area contributed by atoms with Crippen LogP contribution in [0.1, 0.15) is 43.0 Å². The second-order valence-corrected chi connectivity index (χ2v) is 7.26. The fourth-order valence-corrected chi connectivity index (χ4v) is 4.55. The molecule has 0 radical (unpaired) electrons. The topological polar surface area (TPSA) is 38.8 Å². The first-order chi connectivity index (χ1) is 13.0. The predicted octanol–water partition coefficient (Wildman–Crippen LogP) is 4.29. The largest absolute Gasteiger partial charge is 0.493 e. The van der Waals surface area contributed by atoms with Crippen molar-refractivity contribution in [1.29, 1.82) is 0 Å². The van der Waals surface area contributed by atoms with Crippen LogP contribution < -0.4 is 9.47 Å². The molecule has 5 heteroatoms. The van der Waals surface area contributed by atoms with E-state index < -0.39 is 5.97 Å². The molecule has 1 atom stereocenters. The highest BCUT2D eigenvalue weighted by molar-refractivity contribution is 5.85. The number of carbonyl (C=O) groups excluding carboxylic acids is 1. The van der Waals surface area contributed by atoms with Crippen LogP contribution in [-0.2, 0) is 17.6 Å². The van der Waals surface area contributed by atoms with Gasteiger partial charge in [-0.3, -0.25) is 9.69 Å². The van der Waals surface area contributed by atoms with Crippen LogP contribution in [0.4, 0.5) is 4.39 Å². The van der Waals surface area contributed by atoms with Gasteiger partial charge in [-0.1, -0.05) is 13.0 Å². The zero-order chi connectivity index (χ0) is 19.1. The molecule has 1 heterocycles. The van der Waals surface area contributed by atoms with E-state index >= 15 is 0 Å². The van der Waals surface area contributed by atoms with E-state index in [4.69, 9.17) is 9.47 Å². The standard InChI is InChI=1S/C22H24FNO3/c1-4-8-24-9-7-15-10-16(23)12-17-20(15)18(24)11-14-5-6-19(26-3)22(21(14)17)27-13(2)25/h5-6,10,12,18H,4,7-9,11H2,1-3H3. The van der Waals surface area contributed by atoms with Gasteiger partial charge in [0, 0.05) is 25.1 Å². The van der Waals surface area contributed by atoms with Gasteiger partial charge in [0.25, 0.3) is 0 Å². The van der Waals surface area contributed by atoms with E-state index in [2.05, 4.69) is 11.8 Å². The quantitative estimate of drug-likeness (QED) is 0.595. The van der Waals surface area contributed by atoms with Crippen LogP contribution in [0, 0.1) is 5.82 Å². The number of carbonyl (C=O) groups is 1. The van der Waals surface area contributed by atoms with E-state index in [-0.39, 0.29) is 11.9 Å². The highest BCUT2D eigenvalue weighted by atomic mass is 19.1. The molecular weight excluding hydrogens is 345 g/mol. The van der Waals surface area contributed by atoms with Gasteiger partial charge in [-0.25, -0.2) is 4.39 Å². The van der Waals surface area contributed by atoms with Gasteiger partial charge in [0.1, 0.15) is 5.82 Å². The monoisotopic (exact) mass is 369 g/mol. The summed E-state index contributed by atoms with van der Waals surface area (Å²) in [6.07, 6.45) is 2.73. The lowest BCUT2D eigenvalue weighted by Gasteiger charge is -2.42. The van der Waals surface area contributed by atoms with Crippen LogP contribution in [-0.4, -0.2) is 31.1 Å². The SMILES string of the molecule is CCCN1CCc2cc(F)cc3c2C1Cc1ccc(OC)c(OC(C)=O)c1-3. The summed E-state index contributed by atoms with van der Waals surface area (Å²) in [6, 6.07) is 7.30. The molecule has 0 saturated heterocycles. The Morgan fingerprint density at radius 3 is 2.81 bits per heavy atom. The summed E-state index contributed by atoms with van der Waals surface area (Å²) in [6.45, 7) is 5.51. The maximum Gasteiger partial charge on any atom is 0.308 e. The second-order valence-electron chi connectivity index (χ2n) is 7.26. The Morgan fingerprint density at radius 2 is 2.11 bits per heavy atom. The molecule has 0 spiro atoms. The number of nitrogens with zero attached hydrogens (tertiary/aromatic N) is 1. The number of benzene rings is 2. The van der Waals surface area contributed by atoms with E-state index in [1.165, 1.54) is 12.5 Å². The molecule has 2 aromatic rings. The molecule has 0 saturated carbocycles. The molecule has 0 amide bonds. The first-order valence-corrected chi connectivity index (χ1v) is 9.48. The fraction of sp³-hybridized carbons (Fsp3) is 0.409. The van der Waals surface area contributed by atoms with Gasteiger partial charge in [-0.2, -0.15) is 0 Å². The average molecular weight is 369 g/mol. The van der Waals surface area contributed by atoms with Crippen molar-refractivity contribution in [3.8, 4) is 22.6 Å². The van der Waals surface area contributed by atoms with Crippen molar-refractivity contribution in [2.45, 2.75) is 39.2 Å². The minimum absolute atomic E-state index is 0.232. The van der Waals surface area contributed by atoms with Crippen molar-refractivity contribution in [1.82, 2.24) is 4.90 Å². The maximum absolute atomic E-state index is 14.5. The molecule has 4 rings (SSSR count). The molecule has 1 aliphatic carbocycles. The molecule has 142 valence electrons. The van der Waals surface area contributed by atoms with Crippen LogP contribution in [0.2, 0.25) is 0 Å². The Labute approximate surface area is 158 Å². The minimum atomic E-state index is -0.415. The molecule has 2 aliphatic rings. The third kappa shape index (κ3) is 3.00. The number of hydrogen-bond acceptors (Lipinski definition) is 4. The lowest BCUT2D eigenvalue weighted by molar-refractivity contribution is -0.131. The number of halogens is 1. The lowest BCUT2D eigenvalue weighted by Crippen LogP contribution is -2.39. The van der Waals surface area contributed by atoms with Crippen molar-refractivity contribution in [3.63, 3.8) is 0 Å². The summed E-state index contributed by atoms with van der Waals surface area (Å²) in [5.74, 6) is 0.209. The van der Waals surface area contributed by atoms with Crippen LogP contribution in [0.25, 0.3) is 11.1 Å². The summed E-state index contributed by atoms with van der Waals surface area (Å²) < 4.78 is 25.4. The molecule has 1 unspecified atom stereocenters. The van der Waals surface area contributed by atoms with Gasteiger partial charge < -0.3 is 9.47 Å². The highest BCUT2D eigenvalue weighted by Gasteiger charge is 2.36.